The van der Waals surface area contributed by atoms with Gasteiger partial charge in [0.1, 0.15) is 11.4 Å². The van der Waals surface area contributed by atoms with E-state index in [4.69, 9.17) is 29.0 Å². The number of carbonyl (C=O) groups is 2. The van der Waals surface area contributed by atoms with E-state index in [1.165, 1.54) is 0 Å². The number of ether oxygens (including phenoxy) is 4. The van der Waals surface area contributed by atoms with E-state index >= 15 is 0 Å². The molecule has 0 spiro atoms. The van der Waals surface area contributed by atoms with E-state index in [9.17, 15) is 9.59 Å². The topological polar surface area (TPSA) is 119 Å². The Hall–Kier alpha value is -3.47. The molecule has 2 aliphatic rings. The maximum Gasteiger partial charge on any atom is 0.306 e. The zero-order valence-corrected chi connectivity index (χ0v) is 23.4. The Morgan fingerprint density at radius 1 is 1.10 bits per heavy atom. The fourth-order valence-electron chi connectivity index (χ4n) is 4.60. The number of esters is 1. The summed E-state index contributed by atoms with van der Waals surface area (Å²) in [6, 6.07) is 16.7. The molecule has 216 valence electrons. The minimum Gasteiger partial charge on any atom is -0.494 e. The lowest BCUT2D eigenvalue weighted by Gasteiger charge is -2.34. The standard InChI is InChI=1S/C30H39N3O7/c1-29(2,3)40-25(35)14-15-30(28(36)32-33-16-20-37-21-17-33)26(22-8-5-4-6-9-22)39-27(31-30)23-10-12-24(13-11-23)38-19-7-18-34/h4-6,8-13,26,34H,7,14-21H2,1-3H3,(H,32,36)/t26-,30-/m0/s1. The monoisotopic (exact) mass is 553 g/mol. The van der Waals surface area contributed by atoms with Gasteiger partial charge in [-0.15, -0.1) is 0 Å². The molecule has 4 rings (SSSR count). The molecule has 2 aromatic rings. The Morgan fingerprint density at radius 2 is 1.80 bits per heavy atom. The first-order chi connectivity index (χ1) is 19.2. The summed E-state index contributed by atoms with van der Waals surface area (Å²) in [7, 11) is 0. The summed E-state index contributed by atoms with van der Waals surface area (Å²) >= 11 is 0. The van der Waals surface area contributed by atoms with Gasteiger partial charge in [0.2, 0.25) is 5.90 Å². The first kappa shape index (κ1) is 29.5. The van der Waals surface area contributed by atoms with Crippen molar-refractivity contribution in [3.63, 3.8) is 0 Å². The second-order valence-electron chi connectivity index (χ2n) is 10.8. The third kappa shape index (κ3) is 7.59. The van der Waals surface area contributed by atoms with Crippen molar-refractivity contribution in [1.29, 1.82) is 0 Å². The third-order valence-corrected chi connectivity index (χ3v) is 6.53. The van der Waals surface area contributed by atoms with Crippen LogP contribution in [0.2, 0.25) is 0 Å². The fraction of sp³-hybridized carbons (Fsp3) is 0.500. The minimum absolute atomic E-state index is 0.0189. The Balaban J connectivity index is 1.68. The number of morpholine rings is 1. The molecule has 2 N–H and O–H groups in total. The normalized spacial score (nSPS) is 21.3. The summed E-state index contributed by atoms with van der Waals surface area (Å²) < 4.78 is 23.1. The summed E-state index contributed by atoms with van der Waals surface area (Å²) in [6.45, 7) is 7.98. The largest absolute Gasteiger partial charge is 0.494 e. The molecule has 0 saturated carbocycles. The van der Waals surface area contributed by atoms with Crippen molar-refractivity contribution < 1.29 is 33.6 Å². The van der Waals surface area contributed by atoms with Gasteiger partial charge < -0.3 is 24.1 Å². The van der Waals surface area contributed by atoms with Crippen molar-refractivity contribution in [3.05, 3.63) is 65.7 Å². The van der Waals surface area contributed by atoms with Gasteiger partial charge in [0.15, 0.2) is 11.6 Å². The first-order valence-electron chi connectivity index (χ1n) is 13.7. The Morgan fingerprint density at radius 3 is 2.45 bits per heavy atom. The van der Waals surface area contributed by atoms with E-state index < -0.39 is 23.2 Å². The molecule has 2 heterocycles. The van der Waals surface area contributed by atoms with Gasteiger partial charge in [-0.1, -0.05) is 30.3 Å². The van der Waals surface area contributed by atoms with Crippen LogP contribution in [-0.2, 0) is 23.8 Å². The average Bonchev–Trinajstić information content (AvgIpc) is 3.34. The third-order valence-electron chi connectivity index (χ3n) is 6.53. The van der Waals surface area contributed by atoms with Crippen LogP contribution in [0.4, 0.5) is 0 Å². The van der Waals surface area contributed by atoms with E-state index in [1.807, 2.05) is 68.2 Å². The molecule has 0 aromatic heterocycles. The molecule has 0 aliphatic carbocycles. The Bertz CT molecular complexity index is 1160. The van der Waals surface area contributed by atoms with Gasteiger partial charge in [-0.2, -0.15) is 0 Å². The number of aliphatic imine (C=N–C) groups is 1. The van der Waals surface area contributed by atoms with Crippen molar-refractivity contribution in [2.24, 2.45) is 4.99 Å². The summed E-state index contributed by atoms with van der Waals surface area (Å²) in [6.07, 6.45) is -0.166. The highest BCUT2D eigenvalue weighted by Crippen LogP contribution is 2.43. The van der Waals surface area contributed by atoms with Crippen LogP contribution in [0.25, 0.3) is 0 Å². The highest BCUT2D eigenvalue weighted by atomic mass is 16.6. The van der Waals surface area contributed by atoms with E-state index in [2.05, 4.69) is 5.43 Å². The lowest BCUT2D eigenvalue weighted by atomic mass is 9.83. The van der Waals surface area contributed by atoms with Gasteiger partial charge in [0.25, 0.3) is 5.91 Å². The van der Waals surface area contributed by atoms with Crippen molar-refractivity contribution >= 4 is 17.8 Å². The second kappa shape index (κ2) is 13.3. The summed E-state index contributed by atoms with van der Waals surface area (Å²) in [5.74, 6) is 0.186. The number of hydrogen-bond donors (Lipinski definition) is 2. The molecular weight excluding hydrogens is 514 g/mol. The first-order valence-corrected chi connectivity index (χ1v) is 13.7. The summed E-state index contributed by atoms with van der Waals surface area (Å²) in [5, 5.41) is 10.8. The number of amides is 1. The lowest BCUT2D eigenvalue weighted by molar-refractivity contribution is -0.155. The molecule has 2 aromatic carbocycles. The number of hydrogen-bond acceptors (Lipinski definition) is 9. The van der Waals surface area contributed by atoms with E-state index in [0.29, 0.717) is 56.5 Å². The number of nitrogens with zero attached hydrogens (tertiary/aromatic N) is 2. The van der Waals surface area contributed by atoms with Crippen LogP contribution in [0.15, 0.2) is 59.6 Å². The Labute approximate surface area is 235 Å². The van der Waals surface area contributed by atoms with Crippen molar-refractivity contribution in [1.82, 2.24) is 10.4 Å². The fourth-order valence-corrected chi connectivity index (χ4v) is 4.60. The van der Waals surface area contributed by atoms with Gasteiger partial charge in [-0.05, 0) is 57.0 Å². The SMILES string of the molecule is CC(C)(C)OC(=O)CC[C@]1(C(=O)NN2CCOCC2)N=C(c2ccc(OCCCO)cc2)O[C@H]1c1ccccc1. The molecule has 40 heavy (non-hydrogen) atoms. The average molecular weight is 554 g/mol. The second-order valence-corrected chi connectivity index (χ2v) is 10.8. The molecule has 10 heteroatoms. The highest BCUT2D eigenvalue weighted by Gasteiger charge is 2.53. The minimum atomic E-state index is -1.43. The van der Waals surface area contributed by atoms with Crippen LogP contribution in [0, 0.1) is 0 Å². The van der Waals surface area contributed by atoms with Gasteiger partial charge in [0.05, 0.1) is 19.8 Å². The molecule has 0 unspecified atom stereocenters. The maximum absolute atomic E-state index is 14.1. The van der Waals surface area contributed by atoms with E-state index in [1.54, 1.807) is 12.1 Å². The van der Waals surface area contributed by atoms with Crippen molar-refractivity contribution in [2.75, 3.05) is 39.5 Å². The van der Waals surface area contributed by atoms with Crippen LogP contribution >= 0.6 is 0 Å². The van der Waals surface area contributed by atoms with Gasteiger partial charge in [-0.25, -0.2) is 10.0 Å². The molecule has 2 atom stereocenters. The van der Waals surface area contributed by atoms with Crippen molar-refractivity contribution in [2.45, 2.75) is 57.3 Å². The number of rotatable bonds is 11. The molecule has 0 radical (unpaired) electrons. The lowest BCUT2D eigenvalue weighted by Crippen LogP contribution is -2.56. The molecular formula is C30H39N3O7. The smallest absolute Gasteiger partial charge is 0.306 e. The van der Waals surface area contributed by atoms with Crippen molar-refractivity contribution in [3.8, 4) is 5.75 Å². The molecule has 1 amide bonds. The molecule has 1 saturated heterocycles. The quantitative estimate of drug-likeness (QED) is 0.322. The number of aliphatic hydroxyl groups excluding tert-OH is 1. The highest BCUT2D eigenvalue weighted by molar-refractivity contribution is 6.01. The molecule has 2 aliphatic heterocycles. The van der Waals surface area contributed by atoms with Crippen LogP contribution in [0.5, 0.6) is 5.75 Å². The Kier molecular flexibility index (Phi) is 9.78. The molecule has 1 fully saturated rings. The van der Waals surface area contributed by atoms with E-state index in [-0.39, 0.29) is 25.4 Å². The summed E-state index contributed by atoms with van der Waals surface area (Å²) in [4.78, 5) is 31.9. The van der Waals surface area contributed by atoms with Gasteiger partial charge in [-0.3, -0.25) is 15.0 Å². The van der Waals surface area contributed by atoms with E-state index in [0.717, 1.165) is 5.56 Å². The zero-order chi connectivity index (χ0) is 28.6. The number of nitrogens with one attached hydrogen (secondary N) is 1. The molecule has 10 nitrogen and oxygen atoms in total. The van der Waals surface area contributed by atoms with Gasteiger partial charge in [0, 0.05) is 38.1 Å². The van der Waals surface area contributed by atoms with Crippen LogP contribution in [0.3, 0.4) is 0 Å². The van der Waals surface area contributed by atoms with Crippen LogP contribution in [0.1, 0.15) is 57.3 Å². The molecule has 0 bridgehead atoms. The maximum atomic E-state index is 14.1. The predicted molar refractivity (Wildman–Crippen MR) is 149 cm³/mol. The van der Waals surface area contributed by atoms with Gasteiger partial charge >= 0.3 is 5.97 Å². The number of aliphatic hydroxyl groups is 1. The van der Waals surface area contributed by atoms with Crippen LogP contribution in [-0.4, -0.2) is 78.5 Å². The summed E-state index contributed by atoms with van der Waals surface area (Å²) in [5.41, 5.74) is 2.38. The number of hydrazine groups is 1. The predicted octanol–water partition coefficient (Wildman–Crippen LogP) is 3.19. The number of carbonyl (C=O) groups excluding carboxylic acids is 2. The van der Waals surface area contributed by atoms with Crippen LogP contribution < -0.4 is 10.2 Å². The zero-order valence-electron chi connectivity index (χ0n) is 23.4. The number of benzene rings is 2.